The van der Waals surface area contributed by atoms with Crippen LogP contribution in [0.25, 0.3) is 10.8 Å². The number of nitrogens with zero attached hydrogens (tertiary/aromatic N) is 2. The number of benzene rings is 4. The lowest BCUT2D eigenvalue weighted by molar-refractivity contribution is -0.128. The maximum atomic E-state index is 14.5. The molecule has 5 rings (SSSR count). The van der Waals surface area contributed by atoms with Crippen molar-refractivity contribution in [1.29, 1.82) is 0 Å². The van der Waals surface area contributed by atoms with Gasteiger partial charge in [0.15, 0.2) is 0 Å². The second kappa shape index (κ2) is 13.8. The number of para-hydroxylation sites is 2. The van der Waals surface area contributed by atoms with Gasteiger partial charge in [0.05, 0.1) is 50.1 Å². The summed E-state index contributed by atoms with van der Waals surface area (Å²) in [5, 5.41) is 17.6. The summed E-state index contributed by atoms with van der Waals surface area (Å²) < 4.78 is 6.69. The van der Waals surface area contributed by atoms with Gasteiger partial charge >= 0.3 is 0 Å². The van der Waals surface area contributed by atoms with Gasteiger partial charge in [-0.1, -0.05) is 64.5 Å². The fraction of sp³-hybridized carbons (Fsp3) is 0.286. The van der Waals surface area contributed by atoms with E-state index in [9.17, 15) is 19.5 Å². The van der Waals surface area contributed by atoms with Crippen molar-refractivity contribution in [1.82, 2.24) is 10.6 Å². The number of carbonyl (C=O) groups is 3. The Morgan fingerprint density at radius 2 is 1.73 bits per heavy atom. The topological polar surface area (TPSA) is 111 Å². The van der Waals surface area contributed by atoms with E-state index < -0.39 is 18.2 Å². The minimum absolute atomic E-state index is 0.0429. The summed E-state index contributed by atoms with van der Waals surface area (Å²) in [4.78, 5) is 44.8. The van der Waals surface area contributed by atoms with E-state index in [0.29, 0.717) is 17.1 Å². The number of fused-ring (bicyclic) bond motifs is 2. The monoisotopic (exact) mass is 672 g/mol. The molecular formula is C35H37BrN4O5. The van der Waals surface area contributed by atoms with Crippen LogP contribution in [0, 0.1) is 0 Å². The summed E-state index contributed by atoms with van der Waals surface area (Å²) in [6, 6.07) is 22.8. The number of hydrogen-bond acceptors (Lipinski definition) is 6. The first-order valence-corrected chi connectivity index (χ1v) is 15.6. The highest BCUT2D eigenvalue weighted by atomic mass is 79.9. The van der Waals surface area contributed by atoms with Crippen LogP contribution in [-0.2, 0) is 27.3 Å². The van der Waals surface area contributed by atoms with Crippen LogP contribution in [0.15, 0.2) is 83.3 Å². The highest BCUT2D eigenvalue weighted by molar-refractivity contribution is 9.10. The van der Waals surface area contributed by atoms with Crippen molar-refractivity contribution in [2.45, 2.75) is 45.0 Å². The number of hydrogen-bond donors (Lipinski definition) is 3. The number of amides is 3. The lowest BCUT2D eigenvalue weighted by atomic mass is 10.0. The maximum Gasteiger partial charge on any atom is 0.251 e. The number of rotatable bonds is 9. The van der Waals surface area contributed by atoms with E-state index in [-0.39, 0.29) is 37.2 Å². The Hall–Kier alpha value is -4.25. The zero-order valence-corrected chi connectivity index (χ0v) is 27.3. The molecule has 0 spiro atoms. The van der Waals surface area contributed by atoms with Crippen LogP contribution in [-0.4, -0.2) is 55.6 Å². The molecule has 3 amide bonds. The van der Waals surface area contributed by atoms with E-state index in [1.807, 2.05) is 66.7 Å². The minimum atomic E-state index is -1.02. The Labute approximate surface area is 271 Å². The van der Waals surface area contributed by atoms with E-state index in [0.717, 1.165) is 31.9 Å². The molecule has 3 atom stereocenters. The highest BCUT2D eigenvalue weighted by Gasteiger charge is 2.37. The average Bonchev–Trinajstić information content (AvgIpc) is 3.15. The molecule has 1 heterocycles. The van der Waals surface area contributed by atoms with E-state index in [1.54, 1.807) is 49.9 Å². The zero-order valence-electron chi connectivity index (χ0n) is 25.7. The third-order valence-electron chi connectivity index (χ3n) is 8.24. The molecule has 1 unspecified atom stereocenters. The van der Waals surface area contributed by atoms with E-state index in [4.69, 9.17) is 4.74 Å². The van der Waals surface area contributed by atoms with Gasteiger partial charge in [-0.2, -0.15) is 0 Å². The summed E-state index contributed by atoms with van der Waals surface area (Å²) in [7, 11) is 3.27. The van der Waals surface area contributed by atoms with Gasteiger partial charge < -0.3 is 30.3 Å². The Morgan fingerprint density at radius 3 is 2.40 bits per heavy atom. The number of methoxy groups -OCH3 is 1. The van der Waals surface area contributed by atoms with Crippen molar-refractivity contribution in [3.05, 3.63) is 100 Å². The number of carbonyl (C=O) groups excluding carboxylic acids is 3. The minimum Gasteiger partial charge on any atom is -0.496 e. The lowest BCUT2D eigenvalue weighted by Crippen LogP contribution is -2.55. The van der Waals surface area contributed by atoms with E-state index in [1.165, 1.54) is 0 Å². The SMILES string of the molecule is CN[C@@H](C)C(=O)N[C@H]1CN(C(=O)Cc2ccc(C(C)O)cc2)c2ccccc2N(Cc2c(OC)ccc3cc(Br)ccc23)C1=O. The molecule has 10 heteroatoms. The number of ether oxygens (including phenoxy) is 1. The van der Waals surface area contributed by atoms with Crippen LogP contribution < -0.4 is 25.2 Å². The predicted octanol–water partition coefficient (Wildman–Crippen LogP) is 4.88. The van der Waals surface area contributed by atoms with Gasteiger partial charge in [0.1, 0.15) is 11.8 Å². The van der Waals surface area contributed by atoms with Gasteiger partial charge in [0.2, 0.25) is 11.8 Å². The van der Waals surface area contributed by atoms with Crippen LogP contribution in [0.5, 0.6) is 5.75 Å². The third kappa shape index (κ3) is 6.88. The Morgan fingerprint density at radius 1 is 1.02 bits per heavy atom. The van der Waals surface area contributed by atoms with Crippen molar-refractivity contribution in [2.75, 3.05) is 30.5 Å². The van der Waals surface area contributed by atoms with Crippen molar-refractivity contribution >= 4 is 55.8 Å². The second-order valence-corrected chi connectivity index (χ2v) is 12.1. The lowest BCUT2D eigenvalue weighted by Gasteiger charge is -2.27. The average molecular weight is 674 g/mol. The molecule has 0 saturated heterocycles. The molecule has 0 fully saturated rings. The van der Waals surface area contributed by atoms with Crippen LogP contribution in [0.3, 0.4) is 0 Å². The molecule has 9 nitrogen and oxygen atoms in total. The molecule has 0 aromatic heterocycles. The molecule has 0 aliphatic carbocycles. The molecule has 1 aliphatic heterocycles. The van der Waals surface area contributed by atoms with Crippen LogP contribution in [0.4, 0.5) is 11.4 Å². The second-order valence-electron chi connectivity index (χ2n) is 11.2. The van der Waals surface area contributed by atoms with Crippen LogP contribution in [0.2, 0.25) is 0 Å². The van der Waals surface area contributed by atoms with Crippen molar-refractivity contribution < 1.29 is 24.2 Å². The number of nitrogens with one attached hydrogen (secondary N) is 2. The number of halogens is 1. The third-order valence-corrected chi connectivity index (χ3v) is 8.73. The van der Waals surface area contributed by atoms with Crippen LogP contribution in [0.1, 0.15) is 36.6 Å². The van der Waals surface area contributed by atoms with E-state index >= 15 is 0 Å². The predicted molar refractivity (Wildman–Crippen MR) is 179 cm³/mol. The normalized spacial score (nSPS) is 16.1. The molecule has 4 aromatic carbocycles. The van der Waals surface area contributed by atoms with Crippen molar-refractivity contribution in [3.63, 3.8) is 0 Å². The van der Waals surface area contributed by atoms with Crippen molar-refractivity contribution in [3.8, 4) is 5.75 Å². The molecule has 0 radical (unpaired) electrons. The summed E-state index contributed by atoms with van der Waals surface area (Å²) in [5.41, 5.74) is 3.44. The molecule has 234 valence electrons. The fourth-order valence-electron chi connectivity index (χ4n) is 5.56. The Balaban J connectivity index is 1.59. The standard InChI is InChI=1S/C35H37BrN4O5/c1-21(37-3)34(43)38-29-20-39(33(42)17-23-9-11-24(12-10-23)22(2)41)30-7-5-6-8-31(30)40(35(29)44)19-28-27-15-14-26(36)18-25(27)13-16-32(28)45-4/h5-16,18,21-22,29,37,41H,17,19-20H2,1-4H3,(H,38,43)/t21-,22?,29-/m0/s1. The largest absolute Gasteiger partial charge is 0.496 e. The van der Waals surface area contributed by atoms with Gasteiger partial charge in [0, 0.05) is 10.0 Å². The molecule has 4 aromatic rings. The fourth-order valence-corrected chi connectivity index (χ4v) is 5.94. The first-order chi connectivity index (χ1) is 21.6. The van der Waals surface area contributed by atoms with Gasteiger partial charge in [-0.05, 0) is 73.1 Å². The first kappa shape index (κ1) is 32.2. The van der Waals surface area contributed by atoms with Gasteiger partial charge in [-0.15, -0.1) is 0 Å². The smallest absolute Gasteiger partial charge is 0.251 e. The number of aliphatic hydroxyl groups is 1. The Kier molecular flexibility index (Phi) is 9.86. The number of likely N-dealkylation sites (N-methyl/N-ethyl adjacent to an activating group) is 1. The summed E-state index contributed by atoms with van der Waals surface area (Å²) in [6.45, 7) is 3.50. The summed E-state index contributed by atoms with van der Waals surface area (Å²) in [6.07, 6.45) is -0.544. The van der Waals surface area contributed by atoms with Gasteiger partial charge in [0.25, 0.3) is 5.91 Å². The summed E-state index contributed by atoms with van der Waals surface area (Å²) in [5.74, 6) is -0.296. The first-order valence-electron chi connectivity index (χ1n) is 14.8. The summed E-state index contributed by atoms with van der Waals surface area (Å²) >= 11 is 3.54. The molecule has 3 N–H and O–H groups in total. The quantitative estimate of drug-likeness (QED) is 0.234. The van der Waals surface area contributed by atoms with Gasteiger partial charge in [-0.3, -0.25) is 14.4 Å². The highest BCUT2D eigenvalue weighted by Crippen LogP contribution is 2.37. The van der Waals surface area contributed by atoms with Crippen LogP contribution >= 0.6 is 15.9 Å². The molecular weight excluding hydrogens is 636 g/mol. The molecule has 1 aliphatic rings. The molecule has 0 saturated carbocycles. The zero-order chi connectivity index (χ0) is 32.2. The number of aliphatic hydroxyl groups excluding tert-OH is 1. The molecule has 0 bridgehead atoms. The van der Waals surface area contributed by atoms with Crippen molar-refractivity contribution in [2.24, 2.45) is 0 Å². The van der Waals surface area contributed by atoms with E-state index in [2.05, 4.69) is 26.6 Å². The van der Waals surface area contributed by atoms with Gasteiger partial charge in [-0.25, -0.2) is 0 Å². The Bertz CT molecular complexity index is 1730. The molecule has 45 heavy (non-hydrogen) atoms. The maximum absolute atomic E-state index is 14.5. The number of anilines is 2.